The number of rotatable bonds is 3. The Labute approximate surface area is 130 Å². The van der Waals surface area contributed by atoms with Gasteiger partial charge in [-0.1, -0.05) is 30.3 Å². The van der Waals surface area contributed by atoms with Gasteiger partial charge in [-0.15, -0.1) is 0 Å². The minimum Gasteiger partial charge on any atom is -0.437 e. The third kappa shape index (κ3) is 2.67. The molecule has 2 aromatic carbocycles. The first-order chi connectivity index (χ1) is 10.2. The molecule has 0 atom stereocenters. The lowest BCUT2D eigenvalue weighted by Crippen LogP contribution is -1.99. The number of ether oxygens (including phenoxy) is 1. The molecule has 0 spiro atoms. The van der Waals surface area contributed by atoms with Crippen molar-refractivity contribution >= 4 is 32.5 Å². The lowest BCUT2D eigenvalue weighted by Gasteiger charge is -2.11. The Morgan fingerprint density at radius 3 is 2.71 bits per heavy atom. The summed E-state index contributed by atoms with van der Waals surface area (Å²) in [6.45, 7) is 1.50. The summed E-state index contributed by atoms with van der Waals surface area (Å²) in [5.74, 6) is 0.880. The fourth-order valence-electron chi connectivity index (χ4n) is 2.14. The highest BCUT2D eigenvalue weighted by molar-refractivity contribution is 9.10. The Morgan fingerprint density at radius 2 is 1.90 bits per heavy atom. The molecule has 0 aliphatic carbocycles. The number of hydrogen-bond acceptors (Lipinski definition) is 3. The topological polar surface area (TPSA) is 39.2 Å². The van der Waals surface area contributed by atoms with E-state index in [1.54, 1.807) is 18.3 Å². The molecule has 104 valence electrons. The summed E-state index contributed by atoms with van der Waals surface area (Å²) in [6, 6.07) is 15.3. The van der Waals surface area contributed by atoms with Crippen molar-refractivity contribution in [3.63, 3.8) is 0 Å². The van der Waals surface area contributed by atoms with Gasteiger partial charge in [0.05, 0.1) is 10.0 Å². The number of fused-ring (bicyclic) bond motifs is 1. The van der Waals surface area contributed by atoms with Crippen LogP contribution in [0.2, 0.25) is 0 Å². The van der Waals surface area contributed by atoms with Crippen LogP contribution in [0.4, 0.5) is 0 Å². The van der Waals surface area contributed by atoms with Crippen LogP contribution in [0.5, 0.6) is 11.6 Å². The molecule has 1 heterocycles. The fraction of sp³-hybridized carbons (Fsp3) is 0.0588. The molecule has 3 aromatic rings. The van der Waals surface area contributed by atoms with E-state index in [9.17, 15) is 4.79 Å². The first-order valence-electron chi connectivity index (χ1n) is 6.48. The number of carbonyl (C=O) groups excluding carboxylic acids is 1. The molecule has 0 N–H and O–H groups in total. The van der Waals surface area contributed by atoms with Gasteiger partial charge in [0.15, 0.2) is 5.78 Å². The molecule has 4 heteroatoms. The van der Waals surface area contributed by atoms with E-state index >= 15 is 0 Å². The number of halogens is 1. The van der Waals surface area contributed by atoms with Crippen molar-refractivity contribution < 1.29 is 9.53 Å². The van der Waals surface area contributed by atoms with E-state index in [1.165, 1.54) is 6.92 Å². The summed E-state index contributed by atoms with van der Waals surface area (Å²) in [5, 5.41) is 2.17. The predicted octanol–water partition coefficient (Wildman–Crippen LogP) is 4.99. The van der Waals surface area contributed by atoms with Crippen LogP contribution in [0, 0.1) is 0 Å². The molecular weight excluding hydrogens is 330 g/mol. The average molecular weight is 342 g/mol. The summed E-state index contributed by atoms with van der Waals surface area (Å²) in [7, 11) is 0. The SMILES string of the molecule is CC(=O)c1cccnc1Oc1ccc2ccccc2c1Br. The first kappa shape index (κ1) is 13.8. The molecule has 0 bridgehead atoms. The Balaban J connectivity index is 2.07. The maximum absolute atomic E-state index is 11.6. The minimum absolute atomic E-state index is 0.0741. The Kier molecular flexibility index (Phi) is 3.71. The molecular formula is C17H12BrNO2. The van der Waals surface area contributed by atoms with Gasteiger partial charge in [-0.25, -0.2) is 4.98 Å². The summed E-state index contributed by atoms with van der Waals surface area (Å²) >= 11 is 3.56. The van der Waals surface area contributed by atoms with E-state index in [-0.39, 0.29) is 5.78 Å². The Morgan fingerprint density at radius 1 is 1.10 bits per heavy atom. The van der Waals surface area contributed by atoms with E-state index in [2.05, 4.69) is 20.9 Å². The minimum atomic E-state index is -0.0741. The second kappa shape index (κ2) is 5.66. The Hall–Kier alpha value is -2.20. The van der Waals surface area contributed by atoms with Gasteiger partial charge in [-0.05, 0) is 51.8 Å². The first-order valence-corrected chi connectivity index (χ1v) is 7.27. The molecule has 0 saturated carbocycles. The quantitative estimate of drug-likeness (QED) is 0.630. The molecule has 0 amide bonds. The van der Waals surface area contributed by atoms with Crippen LogP contribution in [0.25, 0.3) is 10.8 Å². The van der Waals surface area contributed by atoms with Crippen molar-refractivity contribution in [3.05, 3.63) is 64.8 Å². The Bertz CT molecular complexity index is 830. The summed E-state index contributed by atoms with van der Waals surface area (Å²) in [6.07, 6.45) is 1.61. The highest BCUT2D eigenvalue weighted by Crippen LogP contribution is 2.36. The van der Waals surface area contributed by atoms with Crippen molar-refractivity contribution in [2.24, 2.45) is 0 Å². The van der Waals surface area contributed by atoms with Crippen molar-refractivity contribution in [2.75, 3.05) is 0 Å². The van der Waals surface area contributed by atoms with Crippen LogP contribution in [0.15, 0.2) is 59.2 Å². The number of hydrogen-bond donors (Lipinski definition) is 0. The van der Waals surface area contributed by atoms with E-state index in [4.69, 9.17) is 4.74 Å². The van der Waals surface area contributed by atoms with E-state index in [1.807, 2.05) is 36.4 Å². The van der Waals surface area contributed by atoms with Crippen LogP contribution >= 0.6 is 15.9 Å². The smallest absolute Gasteiger partial charge is 0.230 e. The molecule has 0 radical (unpaired) electrons. The van der Waals surface area contributed by atoms with Crippen LogP contribution in [0.3, 0.4) is 0 Å². The standard InChI is InChI=1S/C17H12BrNO2/c1-11(20)13-7-4-10-19-17(13)21-15-9-8-12-5-2-3-6-14(12)16(15)18/h2-10H,1H3. The zero-order valence-electron chi connectivity index (χ0n) is 11.3. The highest BCUT2D eigenvalue weighted by atomic mass is 79.9. The molecule has 0 aliphatic heterocycles. The third-order valence-electron chi connectivity index (χ3n) is 3.18. The average Bonchev–Trinajstić information content (AvgIpc) is 2.51. The summed E-state index contributed by atoms with van der Waals surface area (Å²) in [4.78, 5) is 15.8. The maximum Gasteiger partial charge on any atom is 0.230 e. The zero-order chi connectivity index (χ0) is 14.8. The summed E-state index contributed by atoms with van der Waals surface area (Å²) < 4.78 is 6.68. The molecule has 0 fully saturated rings. The number of carbonyl (C=O) groups is 1. The van der Waals surface area contributed by atoms with E-state index < -0.39 is 0 Å². The van der Waals surface area contributed by atoms with Crippen molar-refractivity contribution in [2.45, 2.75) is 6.92 Å². The lowest BCUT2D eigenvalue weighted by molar-refractivity contribution is 0.101. The number of aromatic nitrogens is 1. The van der Waals surface area contributed by atoms with Gasteiger partial charge in [0, 0.05) is 6.20 Å². The number of pyridine rings is 1. The van der Waals surface area contributed by atoms with Crippen molar-refractivity contribution in [1.82, 2.24) is 4.98 Å². The normalized spacial score (nSPS) is 10.6. The van der Waals surface area contributed by atoms with Gasteiger partial charge in [-0.2, -0.15) is 0 Å². The molecule has 0 unspecified atom stereocenters. The number of ketones is 1. The van der Waals surface area contributed by atoms with Crippen LogP contribution in [-0.2, 0) is 0 Å². The van der Waals surface area contributed by atoms with E-state index in [0.29, 0.717) is 17.2 Å². The predicted molar refractivity (Wildman–Crippen MR) is 86.0 cm³/mol. The van der Waals surface area contributed by atoms with Crippen molar-refractivity contribution in [1.29, 1.82) is 0 Å². The van der Waals surface area contributed by atoms with Gasteiger partial charge < -0.3 is 4.74 Å². The lowest BCUT2D eigenvalue weighted by atomic mass is 10.1. The molecule has 3 nitrogen and oxygen atoms in total. The van der Waals surface area contributed by atoms with Gasteiger partial charge >= 0.3 is 0 Å². The zero-order valence-corrected chi connectivity index (χ0v) is 12.9. The van der Waals surface area contributed by atoms with Gasteiger partial charge in [0.2, 0.25) is 5.88 Å². The van der Waals surface area contributed by atoms with Gasteiger partial charge in [0.1, 0.15) is 5.75 Å². The van der Waals surface area contributed by atoms with E-state index in [0.717, 1.165) is 15.2 Å². The van der Waals surface area contributed by atoms with Gasteiger partial charge in [0.25, 0.3) is 0 Å². The monoisotopic (exact) mass is 341 g/mol. The molecule has 0 saturated heterocycles. The van der Waals surface area contributed by atoms with Crippen LogP contribution < -0.4 is 4.74 Å². The highest BCUT2D eigenvalue weighted by Gasteiger charge is 2.13. The second-order valence-electron chi connectivity index (χ2n) is 4.61. The summed E-state index contributed by atoms with van der Waals surface area (Å²) in [5.41, 5.74) is 0.470. The van der Waals surface area contributed by atoms with Crippen LogP contribution in [0.1, 0.15) is 17.3 Å². The number of Topliss-reactive ketones (excluding diaryl/α,β-unsaturated/α-hetero) is 1. The largest absolute Gasteiger partial charge is 0.437 e. The second-order valence-corrected chi connectivity index (χ2v) is 5.41. The molecule has 3 rings (SSSR count). The molecule has 21 heavy (non-hydrogen) atoms. The fourth-order valence-corrected chi connectivity index (χ4v) is 2.71. The van der Waals surface area contributed by atoms with Crippen LogP contribution in [-0.4, -0.2) is 10.8 Å². The van der Waals surface area contributed by atoms with Crippen molar-refractivity contribution in [3.8, 4) is 11.6 Å². The maximum atomic E-state index is 11.6. The molecule has 0 aliphatic rings. The van der Waals surface area contributed by atoms with Gasteiger partial charge in [-0.3, -0.25) is 4.79 Å². The molecule has 1 aromatic heterocycles. The number of benzene rings is 2. The third-order valence-corrected chi connectivity index (χ3v) is 4.00. The number of nitrogens with zero attached hydrogens (tertiary/aromatic N) is 1.